The predicted molar refractivity (Wildman–Crippen MR) is 178 cm³/mol. The van der Waals surface area contributed by atoms with E-state index in [1.165, 1.54) is 193 Å². The van der Waals surface area contributed by atoms with Gasteiger partial charge < -0.3 is 10.6 Å². The summed E-state index contributed by atoms with van der Waals surface area (Å²) in [5.74, 6) is 0. The summed E-state index contributed by atoms with van der Waals surface area (Å²) in [4.78, 5) is 0. The van der Waals surface area contributed by atoms with Crippen LogP contribution in [-0.4, -0.2) is 26.2 Å². The second kappa shape index (κ2) is 40.4. The van der Waals surface area contributed by atoms with Gasteiger partial charge in [-0.15, -0.1) is 34.0 Å². The van der Waals surface area contributed by atoms with Gasteiger partial charge in [0.25, 0.3) is 0 Å². The fourth-order valence-electron chi connectivity index (χ4n) is 4.93. The quantitative estimate of drug-likeness (QED) is 0.0736. The number of hydrogen-bond acceptors (Lipinski definition) is 2. The molecule has 4 heteroatoms. The highest BCUT2D eigenvalue weighted by Crippen LogP contribution is 2.11. The van der Waals surface area contributed by atoms with E-state index in [1.54, 1.807) is 0 Å². The Hall–Kier alpha value is 0.880. The third kappa shape index (κ3) is 39.4. The van der Waals surface area contributed by atoms with Gasteiger partial charge >= 0.3 is 0 Å². The molecule has 0 aromatic carbocycles. The van der Waals surface area contributed by atoms with Crippen molar-refractivity contribution < 1.29 is 0 Å². The molecule has 2 N–H and O–H groups in total. The lowest BCUT2D eigenvalue weighted by Crippen LogP contribution is -2.16. The monoisotopic (exact) mass is 640 g/mol. The molecule has 0 aliphatic rings. The standard InChI is InChI=1S/C32H68N2.2BrH/c1-3-5-7-9-11-13-17-21-25-29-33-31-27-23-19-15-16-20-24-28-32-34-30-26-22-18-14-12-10-8-6-4-2;;/h33-34H,3-32H2,1-2H3;2*1H. The molecule has 222 valence electrons. The van der Waals surface area contributed by atoms with Gasteiger partial charge in [-0.05, 0) is 51.9 Å². The Balaban J connectivity index is -0.00000544. The van der Waals surface area contributed by atoms with Gasteiger partial charge in [-0.3, -0.25) is 0 Å². The minimum Gasteiger partial charge on any atom is -0.317 e. The number of halogens is 2. The van der Waals surface area contributed by atoms with Crippen LogP contribution in [0.15, 0.2) is 0 Å². The summed E-state index contributed by atoms with van der Waals surface area (Å²) < 4.78 is 0. The van der Waals surface area contributed by atoms with Gasteiger partial charge in [0.05, 0.1) is 0 Å². The van der Waals surface area contributed by atoms with Gasteiger partial charge in [0.15, 0.2) is 0 Å². The van der Waals surface area contributed by atoms with E-state index >= 15 is 0 Å². The van der Waals surface area contributed by atoms with Crippen LogP contribution in [0.5, 0.6) is 0 Å². The number of rotatable bonds is 31. The molecule has 0 rings (SSSR count). The smallest absolute Gasteiger partial charge is 0.00489 e. The van der Waals surface area contributed by atoms with Crippen molar-refractivity contribution in [3.05, 3.63) is 0 Å². The van der Waals surface area contributed by atoms with Crippen LogP contribution in [0.3, 0.4) is 0 Å². The summed E-state index contributed by atoms with van der Waals surface area (Å²) in [6, 6.07) is 0. The van der Waals surface area contributed by atoms with Crippen molar-refractivity contribution in [3.8, 4) is 0 Å². The van der Waals surface area contributed by atoms with Gasteiger partial charge in [-0.25, -0.2) is 0 Å². The molecule has 0 fully saturated rings. The SMILES string of the molecule is Br.Br.CCCCCCCCCCCNCCCCCCCCCCNCCCCCCCCCCC. The zero-order valence-electron chi connectivity index (χ0n) is 25.0. The fourth-order valence-corrected chi connectivity index (χ4v) is 4.93. The van der Waals surface area contributed by atoms with Crippen molar-refractivity contribution >= 4 is 34.0 Å². The molecule has 0 atom stereocenters. The summed E-state index contributed by atoms with van der Waals surface area (Å²) in [7, 11) is 0. The molecule has 0 aliphatic carbocycles. The average molecular weight is 643 g/mol. The van der Waals surface area contributed by atoms with Crippen LogP contribution >= 0.6 is 34.0 Å². The van der Waals surface area contributed by atoms with Gasteiger partial charge in [-0.1, -0.05) is 155 Å². The number of nitrogens with one attached hydrogen (secondary N) is 2. The molecule has 2 nitrogen and oxygen atoms in total. The molecule has 36 heavy (non-hydrogen) atoms. The van der Waals surface area contributed by atoms with Crippen LogP contribution in [0.1, 0.15) is 181 Å². The Bertz CT molecular complexity index is 310. The van der Waals surface area contributed by atoms with Gasteiger partial charge in [0.1, 0.15) is 0 Å². The molecular weight excluding hydrogens is 572 g/mol. The van der Waals surface area contributed by atoms with Crippen molar-refractivity contribution in [2.45, 2.75) is 181 Å². The maximum atomic E-state index is 3.66. The average Bonchev–Trinajstić information content (AvgIpc) is 2.85. The lowest BCUT2D eigenvalue weighted by Gasteiger charge is -2.06. The van der Waals surface area contributed by atoms with Crippen LogP contribution in [-0.2, 0) is 0 Å². The minimum atomic E-state index is 0. The van der Waals surface area contributed by atoms with Crippen LogP contribution < -0.4 is 10.6 Å². The summed E-state index contributed by atoms with van der Waals surface area (Å²) >= 11 is 0. The van der Waals surface area contributed by atoms with E-state index in [1.807, 2.05) is 0 Å². The Labute approximate surface area is 250 Å². The number of hydrogen-bond donors (Lipinski definition) is 2. The van der Waals surface area contributed by atoms with E-state index in [2.05, 4.69) is 24.5 Å². The van der Waals surface area contributed by atoms with Crippen molar-refractivity contribution in [3.63, 3.8) is 0 Å². The van der Waals surface area contributed by atoms with Crippen molar-refractivity contribution in [1.29, 1.82) is 0 Å². The van der Waals surface area contributed by atoms with Crippen LogP contribution in [0.25, 0.3) is 0 Å². The van der Waals surface area contributed by atoms with Gasteiger partial charge in [0, 0.05) is 0 Å². The molecule has 0 heterocycles. The first-order valence-corrected chi connectivity index (χ1v) is 16.3. The first-order chi connectivity index (χ1) is 16.9. The van der Waals surface area contributed by atoms with Crippen molar-refractivity contribution in [2.75, 3.05) is 26.2 Å². The second-order valence-corrected chi connectivity index (χ2v) is 11.0. The largest absolute Gasteiger partial charge is 0.317 e. The molecule has 0 spiro atoms. The maximum absolute atomic E-state index is 3.66. The molecular formula is C32H70Br2N2. The van der Waals surface area contributed by atoms with Gasteiger partial charge in [-0.2, -0.15) is 0 Å². The topological polar surface area (TPSA) is 24.1 Å². The predicted octanol–water partition coefficient (Wildman–Crippen LogP) is 11.5. The van der Waals surface area contributed by atoms with Crippen LogP contribution in [0.2, 0.25) is 0 Å². The lowest BCUT2D eigenvalue weighted by atomic mass is 10.1. The summed E-state index contributed by atoms with van der Waals surface area (Å²) in [5.41, 5.74) is 0. The van der Waals surface area contributed by atoms with Gasteiger partial charge in [0.2, 0.25) is 0 Å². The summed E-state index contributed by atoms with van der Waals surface area (Å²) in [6.45, 7) is 9.55. The Morgan fingerprint density at radius 3 is 0.611 bits per heavy atom. The highest BCUT2D eigenvalue weighted by Gasteiger charge is 1.96. The van der Waals surface area contributed by atoms with E-state index in [0.29, 0.717) is 0 Å². The zero-order chi connectivity index (χ0) is 24.6. The van der Waals surface area contributed by atoms with Crippen molar-refractivity contribution in [2.24, 2.45) is 0 Å². The highest BCUT2D eigenvalue weighted by atomic mass is 79.9. The van der Waals surface area contributed by atoms with E-state index < -0.39 is 0 Å². The van der Waals surface area contributed by atoms with E-state index in [9.17, 15) is 0 Å². The van der Waals surface area contributed by atoms with Crippen LogP contribution in [0, 0.1) is 0 Å². The third-order valence-electron chi connectivity index (χ3n) is 7.37. The van der Waals surface area contributed by atoms with E-state index in [-0.39, 0.29) is 34.0 Å². The maximum Gasteiger partial charge on any atom is -0.00489 e. The molecule has 0 radical (unpaired) electrons. The first-order valence-electron chi connectivity index (χ1n) is 16.3. The Kier molecular flexibility index (Phi) is 46.4. The normalized spacial score (nSPS) is 10.8. The van der Waals surface area contributed by atoms with Crippen LogP contribution in [0.4, 0.5) is 0 Å². The lowest BCUT2D eigenvalue weighted by molar-refractivity contribution is 0.520. The fraction of sp³-hybridized carbons (Fsp3) is 1.00. The molecule has 0 saturated carbocycles. The summed E-state index contributed by atoms with van der Waals surface area (Å²) in [6.07, 6.45) is 37.1. The molecule has 0 amide bonds. The molecule has 0 bridgehead atoms. The second-order valence-electron chi connectivity index (χ2n) is 11.0. The molecule has 0 aliphatic heterocycles. The third-order valence-corrected chi connectivity index (χ3v) is 7.37. The summed E-state index contributed by atoms with van der Waals surface area (Å²) in [5, 5.41) is 7.31. The van der Waals surface area contributed by atoms with E-state index in [0.717, 1.165) is 0 Å². The zero-order valence-corrected chi connectivity index (χ0v) is 28.5. The van der Waals surface area contributed by atoms with Crippen molar-refractivity contribution in [1.82, 2.24) is 10.6 Å². The molecule has 0 aromatic rings. The molecule has 0 saturated heterocycles. The van der Waals surface area contributed by atoms with E-state index in [4.69, 9.17) is 0 Å². The molecule has 0 unspecified atom stereocenters. The number of unbranched alkanes of at least 4 members (excludes halogenated alkanes) is 23. The highest BCUT2D eigenvalue weighted by molar-refractivity contribution is 8.93. The minimum absolute atomic E-state index is 0. The Morgan fingerprint density at radius 1 is 0.250 bits per heavy atom. The first kappa shape index (κ1) is 41.4. The Morgan fingerprint density at radius 2 is 0.417 bits per heavy atom. The molecule has 0 aromatic heterocycles.